The van der Waals surface area contributed by atoms with Gasteiger partial charge in [0.1, 0.15) is 5.82 Å². The molecular formula is C21H18ClN3O7. The molecule has 2 aromatic heterocycles. The zero-order valence-electron chi connectivity index (χ0n) is 17.0. The van der Waals surface area contributed by atoms with Gasteiger partial charge in [0.05, 0.1) is 36.8 Å². The number of nitrogens with one attached hydrogen (secondary N) is 2. The van der Waals surface area contributed by atoms with E-state index in [1.54, 1.807) is 12.1 Å². The molecule has 3 rings (SSSR count). The van der Waals surface area contributed by atoms with Crippen LogP contribution in [0.25, 0.3) is 0 Å². The molecule has 1 aromatic carbocycles. The van der Waals surface area contributed by atoms with Crippen molar-refractivity contribution in [1.82, 2.24) is 4.98 Å². The number of hydrogen-bond acceptors (Lipinski definition) is 8. The number of anilines is 2. The van der Waals surface area contributed by atoms with E-state index in [0.717, 1.165) is 0 Å². The summed E-state index contributed by atoms with van der Waals surface area (Å²) < 4.78 is 20.6. The Morgan fingerprint density at radius 2 is 1.81 bits per heavy atom. The summed E-state index contributed by atoms with van der Waals surface area (Å²) in [4.78, 5) is 41.1. The average Bonchev–Trinajstić information content (AvgIpc) is 3.34. The van der Waals surface area contributed by atoms with Gasteiger partial charge in [-0.3, -0.25) is 9.59 Å². The van der Waals surface area contributed by atoms with Crippen molar-refractivity contribution in [2.45, 2.75) is 0 Å². The van der Waals surface area contributed by atoms with E-state index in [1.165, 1.54) is 50.9 Å². The summed E-state index contributed by atoms with van der Waals surface area (Å²) in [6.45, 7) is -0.594. The second kappa shape index (κ2) is 10.3. The van der Waals surface area contributed by atoms with Gasteiger partial charge in [-0.1, -0.05) is 11.6 Å². The Morgan fingerprint density at radius 3 is 2.44 bits per heavy atom. The summed E-state index contributed by atoms with van der Waals surface area (Å²) in [5.41, 5.74) is 0.0220. The van der Waals surface area contributed by atoms with Gasteiger partial charge in [-0.15, -0.1) is 0 Å². The van der Waals surface area contributed by atoms with E-state index in [-0.39, 0.29) is 34.3 Å². The van der Waals surface area contributed by atoms with Crippen LogP contribution in [0, 0.1) is 0 Å². The Bertz CT molecular complexity index is 1120. The van der Waals surface area contributed by atoms with E-state index in [1.807, 2.05) is 0 Å². The van der Waals surface area contributed by atoms with E-state index in [2.05, 4.69) is 15.6 Å². The fraction of sp³-hybridized carbons (Fsp3) is 0.143. The molecular weight excluding hydrogens is 442 g/mol. The summed E-state index contributed by atoms with van der Waals surface area (Å²) in [6, 6.07) is 8.79. The van der Waals surface area contributed by atoms with E-state index >= 15 is 0 Å². The number of esters is 1. The number of nitrogens with zero attached hydrogens (tertiary/aromatic N) is 1. The third-order valence-corrected chi connectivity index (χ3v) is 4.29. The Kier molecular flexibility index (Phi) is 7.29. The van der Waals surface area contributed by atoms with Crippen molar-refractivity contribution in [1.29, 1.82) is 0 Å². The minimum absolute atomic E-state index is 0.0361. The number of carbonyl (C=O) groups is 3. The van der Waals surface area contributed by atoms with Gasteiger partial charge >= 0.3 is 5.97 Å². The first-order valence-electron chi connectivity index (χ1n) is 9.10. The molecule has 10 nitrogen and oxygen atoms in total. The standard InChI is InChI=1S/C21H18ClN3O7/c1-29-16-8-13(14(9-17(16)30-2)24-20(27)15-4-3-7-31-15)21(28)32-11-19(26)25-18-6-5-12(22)10-23-18/h3-10H,11H2,1-2H3,(H,24,27)(H,23,25,26). The predicted molar refractivity (Wildman–Crippen MR) is 114 cm³/mol. The van der Waals surface area contributed by atoms with Crippen LogP contribution in [0.2, 0.25) is 5.02 Å². The van der Waals surface area contributed by atoms with Gasteiger partial charge < -0.3 is 29.3 Å². The first-order chi connectivity index (χ1) is 15.4. The van der Waals surface area contributed by atoms with Crippen LogP contribution in [0.1, 0.15) is 20.9 Å². The number of halogens is 1. The van der Waals surface area contributed by atoms with Crippen LogP contribution in [0.5, 0.6) is 11.5 Å². The molecule has 2 amide bonds. The van der Waals surface area contributed by atoms with Crippen LogP contribution in [0.4, 0.5) is 11.5 Å². The molecule has 0 fully saturated rings. The molecule has 2 heterocycles. The number of benzene rings is 1. The molecule has 2 N–H and O–H groups in total. The molecule has 0 bridgehead atoms. The van der Waals surface area contributed by atoms with Crippen LogP contribution < -0.4 is 20.1 Å². The molecule has 0 saturated heterocycles. The summed E-state index contributed by atoms with van der Waals surface area (Å²) >= 11 is 5.75. The van der Waals surface area contributed by atoms with Crippen molar-refractivity contribution in [2.24, 2.45) is 0 Å². The molecule has 0 aliphatic rings. The molecule has 3 aromatic rings. The number of carbonyl (C=O) groups excluding carboxylic acids is 3. The Hall–Kier alpha value is -4.05. The Labute approximate surface area is 187 Å². The molecule has 0 spiro atoms. The third-order valence-electron chi connectivity index (χ3n) is 4.07. The highest BCUT2D eigenvalue weighted by Gasteiger charge is 2.22. The van der Waals surface area contributed by atoms with Crippen LogP contribution in [0.3, 0.4) is 0 Å². The lowest BCUT2D eigenvalue weighted by molar-refractivity contribution is -0.119. The fourth-order valence-corrected chi connectivity index (χ4v) is 2.69. The number of ether oxygens (including phenoxy) is 3. The van der Waals surface area contributed by atoms with Gasteiger partial charge in [-0.05, 0) is 24.3 Å². The van der Waals surface area contributed by atoms with E-state index in [9.17, 15) is 14.4 Å². The molecule has 0 radical (unpaired) electrons. The average molecular weight is 460 g/mol. The molecule has 166 valence electrons. The highest BCUT2D eigenvalue weighted by atomic mass is 35.5. The molecule has 32 heavy (non-hydrogen) atoms. The number of methoxy groups -OCH3 is 2. The molecule has 0 atom stereocenters. The van der Waals surface area contributed by atoms with Crippen LogP contribution in [-0.4, -0.2) is 43.6 Å². The number of aromatic nitrogens is 1. The van der Waals surface area contributed by atoms with Gasteiger partial charge in [0.15, 0.2) is 23.9 Å². The Balaban J connectivity index is 1.76. The second-order valence-corrected chi connectivity index (χ2v) is 6.61. The van der Waals surface area contributed by atoms with Crippen molar-refractivity contribution in [2.75, 3.05) is 31.5 Å². The van der Waals surface area contributed by atoms with Crippen LogP contribution in [-0.2, 0) is 9.53 Å². The predicted octanol–water partition coefficient (Wildman–Crippen LogP) is 3.39. The summed E-state index contributed by atoms with van der Waals surface area (Å²) in [5.74, 6) is -1.31. The first-order valence-corrected chi connectivity index (χ1v) is 9.48. The van der Waals surface area contributed by atoms with Gasteiger partial charge in [0.2, 0.25) is 0 Å². The monoisotopic (exact) mass is 459 g/mol. The quantitative estimate of drug-likeness (QED) is 0.490. The van der Waals surface area contributed by atoms with Crippen LogP contribution in [0.15, 0.2) is 53.3 Å². The molecule has 0 aliphatic carbocycles. The largest absolute Gasteiger partial charge is 0.493 e. The lowest BCUT2D eigenvalue weighted by atomic mass is 10.1. The SMILES string of the molecule is COc1cc(NC(=O)c2ccco2)c(C(=O)OCC(=O)Nc2ccc(Cl)cn2)cc1OC. The third kappa shape index (κ3) is 5.55. The van der Waals surface area contributed by atoms with E-state index in [4.69, 9.17) is 30.2 Å². The van der Waals surface area contributed by atoms with Crippen molar-refractivity contribution in [3.05, 3.63) is 65.2 Å². The number of furan rings is 1. The van der Waals surface area contributed by atoms with Crippen molar-refractivity contribution in [3.63, 3.8) is 0 Å². The van der Waals surface area contributed by atoms with Crippen molar-refractivity contribution < 1.29 is 33.0 Å². The molecule has 0 aliphatic heterocycles. The number of rotatable bonds is 8. The summed E-state index contributed by atoms with van der Waals surface area (Å²) in [6.07, 6.45) is 2.70. The normalized spacial score (nSPS) is 10.2. The lowest BCUT2D eigenvalue weighted by Crippen LogP contribution is -2.22. The van der Waals surface area contributed by atoms with Gasteiger partial charge in [0.25, 0.3) is 11.8 Å². The van der Waals surface area contributed by atoms with Crippen molar-refractivity contribution in [3.8, 4) is 11.5 Å². The zero-order chi connectivity index (χ0) is 23.1. The van der Waals surface area contributed by atoms with Gasteiger partial charge in [-0.25, -0.2) is 9.78 Å². The maximum Gasteiger partial charge on any atom is 0.340 e. The lowest BCUT2D eigenvalue weighted by Gasteiger charge is -2.15. The smallest absolute Gasteiger partial charge is 0.340 e. The minimum Gasteiger partial charge on any atom is -0.493 e. The second-order valence-electron chi connectivity index (χ2n) is 6.17. The van der Waals surface area contributed by atoms with E-state index in [0.29, 0.717) is 5.02 Å². The maximum absolute atomic E-state index is 12.7. The summed E-state index contributed by atoms with van der Waals surface area (Å²) in [5, 5.41) is 5.44. The Morgan fingerprint density at radius 1 is 1.06 bits per heavy atom. The first kappa shape index (κ1) is 22.6. The van der Waals surface area contributed by atoms with Gasteiger partial charge in [-0.2, -0.15) is 0 Å². The fourth-order valence-electron chi connectivity index (χ4n) is 2.58. The molecule has 11 heteroatoms. The zero-order valence-corrected chi connectivity index (χ0v) is 17.8. The van der Waals surface area contributed by atoms with Crippen LogP contribution >= 0.6 is 11.6 Å². The van der Waals surface area contributed by atoms with E-state index < -0.39 is 24.4 Å². The van der Waals surface area contributed by atoms with Gasteiger partial charge in [0, 0.05) is 18.3 Å². The number of hydrogen-bond donors (Lipinski definition) is 2. The number of pyridine rings is 1. The summed E-state index contributed by atoms with van der Waals surface area (Å²) in [7, 11) is 2.80. The minimum atomic E-state index is -0.875. The number of amides is 2. The highest BCUT2D eigenvalue weighted by molar-refractivity contribution is 6.30. The highest BCUT2D eigenvalue weighted by Crippen LogP contribution is 2.34. The van der Waals surface area contributed by atoms with Crippen molar-refractivity contribution >= 4 is 40.9 Å². The maximum atomic E-state index is 12.7. The molecule has 0 saturated carbocycles. The molecule has 0 unspecified atom stereocenters. The topological polar surface area (TPSA) is 129 Å².